The van der Waals surface area contributed by atoms with E-state index in [2.05, 4.69) is 5.32 Å². The topological polar surface area (TPSA) is 38.0 Å². The summed E-state index contributed by atoms with van der Waals surface area (Å²) in [4.78, 5) is 0.155. The largest absolute Gasteiger partial charge is 0.389 e. The number of halogens is 2. The monoisotopic (exact) mass is 292 g/mol. The van der Waals surface area contributed by atoms with Gasteiger partial charge in [0.1, 0.15) is 16.6 Å². The van der Waals surface area contributed by atoms with E-state index in [0.29, 0.717) is 11.3 Å². The van der Waals surface area contributed by atoms with Crippen molar-refractivity contribution in [3.63, 3.8) is 0 Å². The molecule has 2 aromatic rings. The van der Waals surface area contributed by atoms with E-state index in [1.807, 2.05) is 6.92 Å². The minimum absolute atomic E-state index is 0.152. The molecule has 0 fully saturated rings. The third-order valence-electron chi connectivity index (χ3n) is 3.00. The first-order valence-corrected chi connectivity index (χ1v) is 6.49. The molecule has 0 saturated carbocycles. The lowest BCUT2D eigenvalue weighted by Crippen LogP contribution is -2.11. The lowest BCUT2D eigenvalue weighted by atomic mass is 10.1. The lowest BCUT2D eigenvalue weighted by Gasteiger charge is -2.16. The number of anilines is 1. The molecular weight excluding hydrogens is 278 g/mol. The second-order valence-corrected chi connectivity index (χ2v) is 4.92. The average Bonchev–Trinajstić information content (AvgIpc) is 2.41. The maximum Gasteiger partial charge on any atom is 0.147 e. The highest BCUT2D eigenvalue weighted by Crippen LogP contribution is 2.22. The summed E-state index contributed by atoms with van der Waals surface area (Å²) in [5.41, 5.74) is 7.15. The van der Waals surface area contributed by atoms with Gasteiger partial charge in [-0.15, -0.1) is 0 Å². The normalized spacial score (nSPS) is 11.9. The summed E-state index contributed by atoms with van der Waals surface area (Å²) < 4.78 is 26.8. The minimum Gasteiger partial charge on any atom is -0.389 e. The first kappa shape index (κ1) is 14.4. The summed E-state index contributed by atoms with van der Waals surface area (Å²) in [5, 5.41) is 3.03. The summed E-state index contributed by atoms with van der Waals surface area (Å²) in [5.74, 6) is -0.725. The molecule has 0 aliphatic heterocycles. The van der Waals surface area contributed by atoms with Crippen LogP contribution < -0.4 is 11.1 Å². The maximum absolute atomic E-state index is 13.9. The Morgan fingerprint density at radius 3 is 2.35 bits per heavy atom. The van der Waals surface area contributed by atoms with E-state index in [1.165, 1.54) is 18.2 Å². The third-order valence-corrected chi connectivity index (χ3v) is 3.23. The van der Waals surface area contributed by atoms with E-state index in [-0.39, 0.29) is 16.8 Å². The van der Waals surface area contributed by atoms with Crippen molar-refractivity contribution in [3.05, 3.63) is 65.2 Å². The molecule has 0 radical (unpaired) electrons. The molecular formula is C15H14F2N2S. The van der Waals surface area contributed by atoms with Gasteiger partial charge in [0.25, 0.3) is 0 Å². The van der Waals surface area contributed by atoms with Crippen LogP contribution in [-0.4, -0.2) is 4.99 Å². The zero-order valence-electron chi connectivity index (χ0n) is 10.9. The fraction of sp³-hybridized carbons (Fsp3) is 0.133. The Hall–Kier alpha value is -2.01. The Balaban J connectivity index is 2.17. The van der Waals surface area contributed by atoms with Gasteiger partial charge in [-0.1, -0.05) is 24.4 Å². The second kappa shape index (κ2) is 5.96. The molecule has 2 aromatic carbocycles. The van der Waals surface area contributed by atoms with Crippen LogP contribution >= 0.6 is 12.2 Å². The molecule has 20 heavy (non-hydrogen) atoms. The quantitative estimate of drug-likeness (QED) is 0.842. The van der Waals surface area contributed by atoms with Crippen molar-refractivity contribution in [2.75, 3.05) is 5.32 Å². The van der Waals surface area contributed by atoms with E-state index in [9.17, 15) is 8.78 Å². The van der Waals surface area contributed by atoms with Gasteiger partial charge < -0.3 is 11.1 Å². The van der Waals surface area contributed by atoms with Crippen LogP contribution in [-0.2, 0) is 0 Å². The fourth-order valence-corrected chi connectivity index (χ4v) is 1.98. The van der Waals surface area contributed by atoms with Gasteiger partial charge in [-0.05, 0) is 42.8 Å². The van der Waals surface area contributed by atoms with Crippen LogP contribution in [0.4, 0.5) is 14.5 Å². The van der Waals surface area contributed by atoms with Crippen molar-refractivity contribution in [3.8, 4) is 0 Å². The van der Waals surface area contributed by atoms with Crippen molar-refractivity contribution in [1.82, 2.24) is 0 Å². The highest BCUT2D eigenvalue weighted by atomic mass is 32.1. The average molecular weight is 292 g/mol. The van der Waals surface area contributed by atoms with Crippen molar-refractivity contribution in [2.24, 2.45) is 5.73 Å². The summed E-state index contributed by atoms with van der Waals surface area (Å²) in [6.45, 7) is 1.87. The molecule has 2 rings (SSSR count). The highest BCUT2D eigenvalue weighted by molar-refractivity contribution is 7.80. The molecule has 0 bridgehead atoms. The molecule has 1 unspecified atom stereocenters. The number of nitrogens with two attached hydrogens (primary N) is 1. The molecule has 0 heterocycles. The summed E-state index contributed by atoms with van der Waals surface area (Å²) >= 11 is 4.80. The number of benzene rings is 2. The summed E-state index contributed by atoms with van der Waals surface area (Å²) in [7, 11) is 0. The van der Waals surface area contributed by atoms with Crippen molar-refractivity contribution >= 4 is 22.9 Å². The molecule has 0 amide bonds. The van der Waals surface area contributed by atoms with Crippen LogP contribution in [0.2, 0.25) is 0 Å². The van der Waals surface area contributed by atoms with Gasteiger partial charge in [-0.2, -0.15) is 0 Å². The Kier molecular flexibility index (Phi) is 4.29. The van der Waals surface area contributed by atoms with Gasteiger partial charge in [0.2, 0.25) is 0 Å². The Labute approximate surface area is 121 Å². The van der Waals surface area contributed by atoms with Gasteiger partial charge >= 0.3 is 0 Å². The Morgan fingerprint density at radius 1 is 1.15 bits per heavy atom. The first-order valence-electron chi connectivity index (χ1n) is 6.08. The van der Waals surface area contributed by atoms with Gasteiger partial charge in [0.05, 0.1) is 5.69 Å². The van der Waals surface area contributed by atoms with E-state index < -0.39 is 5.82 Å². The number of hydrogen-bond donors (Lipinski definition) is 2. The highest BCUT2D eigenvalue weighted by Gasteiger charge is 2.10. The van der Waals surface area contributed by atoms with Crippen LogP contribution in [0.1, 0.15) is 24.1 Å². The summed E-state index contributed by atoms with van der Waals surface area (Å²) in [6.07, 6.45) is 0. The Bertz CT molecular complexity index is 626. The zero-order chi connectivity index (χ0) is 14.7. The molecule has 3 N–H and O–H groups in total. The SMILES string of the molecule is CC(Nc1ccc(C(N)=S)cc1F)c1ccc(F)cc1. The van der Waals surface area contributed by atoms with Gasteiger partial charge in [0, 0.05) is 11.6 Å². The molecule has 1 atom stereocenters. The predicted molar refractivity (Wildman–Crippen MR) is 80.7 cm³/mol. The molecule has 0 aromatic heterocycles. The Morgan fingerprint density at radius 2 is 1.80 bits per heavy atom. The van der Waals surface area contributed by atoms with Crippen molar-refractivity contribution in [2.45, 2.75) is 13.0 Å². The molecule has 0 spiro atoms. The van der Waals surface area contributed by atoms with Crippen LogP contribution in [0.15, 0.2) is 42.5 Å². The van der Waals surface area contributed by atoms with Crippen LogP contribution in [0.5, 0.6) is 0 Å². The number of hydrogen-bond acceptors (Lipinski definition) is 2. The number of nitrogens with one attached hydrogen (secondary N) is 1. The molecule has 2 nitrogen and oxygen atoms in total. The molecule has 0 aliphatic rings. The van der Waals surface area contributed by atoms with E-state index in [4.69, 9.17) is 18.0 Å². The van der Waals surface area contributed by atoms with Gasteiger partial charge in [0.15, 0.2) is 0 Å². The van der Waals surface area contributed by atoms with Crippen LogP contribution in [0.3, 0.4) is 0 Å². The number of rotatable bonds is 4. The minimum atomic E-state index is -0.427. The zero-order valence-corrected chi connectivity index (χ0v) is 11.7. The molecule has 0 aliphatic carbocycles. The molecule has 5 heteroatoms. The lowest BCUT2D eigenvalue weighted by molar-refractivity contribution is 0.623. The van der Waals surface area contributed by atoms with Gasteiger partial charge in [-0.25, -0.2) is 8.78 Å². The van der Waals surface area contributed by atoms with Crippen molar-refractivity contribution < 1.29 is 8.78 Å². The molecule has 104 valence electrons. The maximum atomic E-state index is 13.9. The van der Waals surface area contributed by atoms with Crippen LogP contribution in [0.25, 0.3) is 0 Å². The van der Waals surface area contributed by atoms with Crippen molar-refractivity contribution in [1.29, 1.82) is 0 Å². The first-order chi connectivity index (χ1) is 9.47. The van der Waals surface area contributed by atoms with E-state index in [0.717, 1.165) is 5.56 Å². The smallest absolute Gasteiger partial charge is 0.147 e. The van der Waals surface area contributed by atoms with E-state index in [1.54, 1.807) is 24.3 Å². The summed E-state index contributed by atoms with van der Waals surface area (Å²) in [6, 6.07) is 10.5. The van der Waals surface area contributed by atoms with Gasteiger partial charge in [-0.3, -0.25) is 0 Å². The third kappa shape index (κ3) is 3.30. The second-order valence-electron chi connectivity index (χ2n) is 4.48. The number of thiocarbonyl (C=S) groups is 1. The standard InChI is InChI=1S/C15H14F2N2S/c1-9(10-2-5-12(16)6-3-10)19-14-7-4-11(15(18)20)8-13(14)17/h2-9,19H,1H3,(H2,18,20). The van der Waals surface area contributed by atoms with E-state index >= 15 is 0 Å². The predicted octanol–water partition coefficient (Wildman–Crippen LogP) is 3.77. The fourth-order valence-electron chi connectivity index (χ4n) is 1.85. The van der Waals surface area contributed by atoms with Crippen LogP contribution in [0, 0.1) is 11.6 Å². The molecule has 0 saturated heterocycles.